The average Bonchev–Trinajstić information content (AvgIpc) is 3.60. The molecule has 8 heteroatoms. The zero-order valence-electron chi connectivity index (χ0n) is 19.0. The summed E-state index contributed by atoms with van der Waals surface area (Å²) < 4.78 is 24.5. The first-order valence-electron chi connectivity index (χ1n) is 11.1. The second-order valence-electron chi connectivity index (χ2n) is 8.28. The van der Waals surface area contributed by atoms with Crippen molar-refractivity contribution in [3.8, 4) is 5.75 Å². The lowest BCUT2D eigenvalue weighted by atomic mass is 10.0. The van der Waals surface area contributed by atoms with E-state index in [9.17, 15) is 18.8 Å². The quantitative estimate of drug-likeness (QED) is 0.534. The van der Waals surface area contributed by atoms with Gasteiger partial charge in [-0.2, -0.15) is 0 Å². The molecule has 2 N–H and O–H groups in total. The Balaban J connectivity index is 1.78. The fourth-order valence-electron chi connectivity index (χ4n) is 3.26. The summed E-state index contributed by atoms with van der Waals surface area (Å²) in [4.78, 5) is 38.8. The maximum absolute atomic E-state index is 13.4. The number of hydrogen-bond donors (Lipinski definition) is 2. The summed E-state index contributed by atoms with van der Waals surface area (Å²) in [6.45, 7) is 5.72. The van der Waals surface area contributed by atoms with E-state index in [2.05, 4.69) is 10.6 Å². The Labute approximate surface area is 192 Å². The van der Waals surface area contributed by atoms with Gasteiger partial charge in [0.15, 0.2) is 0 Å². The SMILES string of the molecule is CCOc1ccccc1C(=O)N[C@H](C(=O)O[C@@H](C(=O)NC1CC1)c1ccc(F)cc1)C(C)C. The third kappa shape index (κ3) is 6.54. The summed E-state index contributed by atoms with van der Waals surface area (Å²) in [5.41, 5.74) is 0.637. The number of carbonyl (C=O) groups excluding carboxylic acids is 3. The van der Waals surface area contributed by atoms with Gasteiger partial charge in [-0.1, -0.05) is 38.1 Å². The van der Waals surface area contributed by atoms with E-state index in [0.29, 0.717) is 23.5 Å². The smallest absolute Gasteiger partial charge is 0.330 e. The first-order chi connectivity index (χ1) is 15.8. The van der Waals surface area contributed by atoms with Crippen LogP contribution in [0.15, 0.2) is 48.5 Å². The molecule has 0 radical (unpaired) electrons. The summed E-state index contributed by atoms with van der Waals surface area (Å²) in [6, 6.07) is 11.0. The van der Waals surface area contributed by atoms with E-state index in [1.54, 1.807) is 38.1 Å². The van der Waals surface area contributed by atoms with Gasteiger partial charge < -0.3 is 20.1 Å². The highest BCUT2D eigenvalue weighted by atomic mass is 19.1. The number of nitrogens with one attached hydrogen (secondary N) is 2. The fraction of sp³-hybridized carbons (Fsp3) is 0.400. The Kier molecular flexibility index (Phi) is 8.03. The van der Waals surface area contributed by atoms with Gasteiger partial charge in [0.25, 0.3) is 11.8 Å². The van der Waals surface area contributed by atoms with Gasteiger partial charge in [-0.15, -0.1) is 0 Å². The molecule has 2 amide bonds. The molecule has 1 aliphatic carbocycles. The van der Waals surface area contributed by atoms with Crippen LogP contribution in [0.3, 0.4) is 0 Å². The lowest BCUT2D eigenvalue weighted by molar-refractivity contribution is -0.159. The maximum atomic E-state index is 13.4. The molecule has 0 aromatic heterocycles. The molecule has 33 heavy (non-hydrogen) atoms. The Morgan fingerprint density at radius 2 is 1.73 bits per heavy atom. The minimum Gasteiger partial charge on any atom is -0.493 e. The molecule has 1 fully saturated rings. The normalized spacial score (nSPS) is 14.8. The highest BCUT2D eigenvalue weighted by molar-refractivity contribution is 5.99. The van der Waals surface area contributed by atoms with Crippen molar-refractivity contribution in [2.75, 3.05) is 6.61 Å². The molecule has 0 unspecified atom stereocenters. The number of amides is 2. The van der Waals surface area contributed by atoms with Gasteiger partial charge in [-0.05, 0) is 49.9 Å². The molecule has 2 aromatic rings. The standard InChI is InChI=1S/C25H29FN2O5/c1-4-32-20-8-6-5-7-19(20)23(29)28-21(15(2)3)25(31)33-22(24(30)27-18-13-14-18)16-9-11-17(26)12-10-16/h5-12,15,18,21-22H,4,13-14H2,1-3H3,(H,27,30)(H,28,29)/t21-,22+/m0/s1. The van der Waals surface area contributed by atoms with Crippen LogP contribution in [-0.4, -0.2) is 36.5 Å². The van der Waals surface area contributed by atoms with Crippen LogP contribution in [0.2, 0.25) is 0 Å². The molecule has 0 spiro atoms. The number of ether oxygens (including phenoxy) is 2. The Morgan fingerprint density at radius 1 is 1.06 bits per heavy atom. The molecular formula is C25H29FN2O5. The van der Waals surface area contributed by atoms with Gasteiger partial charge in [0.1, 0.15) is 17.6 Å². The van der Waals surface area contributed by atoms with Crippen molar-refractivity contribution in [2.24, 2.45) is 5.92 Å². The van der Waals surface area contributed by atoms with Gasteiger partial charge >= 0.3 is 5.97 Å². The number of para-hydroxylation sites is 1. The average molecular weight is 457 g/mol. The predicted octanol–water partition coefficient (Wildman–Crippen LogP) is 3.54. The van der Waals surface area contributed by atoms with Crippen LogP contribution in [0, 0.1) is 11.7 Å². The lowest BCUT2D eigenvalue weighted by Gasteiger charge is -2.25. The first kappa shape index (κ1) is 24.2. The highest BCUT2D eigenvalue weighted by Gasteiger charge is 2.34. The molecule has 3 rings (SSSR count). The third-order valence-corrected chi connectivity index (χ3v) is 5.21. The summed E-state index contributed by atoms with van der Waals surface area (Å²) in [5.74, 6) is -2.11. The van der Waals surface area contributed by atoms with Crippen LogP contribution < -0.4 is 15.4 Å². The molecule has 0 aliphatic heterocycles. The van der Waals surface area contributed by atoms with Crippen LogP contribution in [-0.2, 0) is 14.3 Å². The highest BCUT2D eigenvalue weighted by Crippen LogP contribution is 2.25. The number of halogens is 1. The maximum Gasteiger partial charge on any atom is 0.330 e. The Hall–Kier alpha value is -3.42. The fourth-order valence-corrected chi connectivity index (χ4v) is 3.26. The summed E-state index contributed by atoms with van der Waals surface area (Å²) in [6.07, 6.45) is 0.465. The van der Waals surface area contributed by atoms with Crippen molar-refractivity contribution < 1.29 is 28.2 Å². The van der Waals surface area contributed by atoms with Crippen molar-refractivity contribution in [3.63, 3.8) is 0 Å². The van der Waals surface area contributed by atoms with E-state index in [1.807, 2.05) is 6.92 Å². The lowest BCUT2D eigenvalue weighted by Crippen LogP contribution is -2.46. The minimum atomic E-state index is -1.26. The number of hydrogen-bond acceptors (Lipinski definition) is 5. The third-order valence-electron chi connectivity index (χ3n) is 5.21. The first-order valence-corrected chi connectivity index (χ1v) is 11.1. The topological polar surface area (TPSA) is 93.7 Å². The number of esters is 1. The van der Waals surface area contributed by atoms with Gasteiger partial charge in [0, 0.05) is 11.6 Å². The predicted molar refractivity (Wildman–Crippen MR) is 120 cm³/mol. The summed E-state index contributed by atoms with van der Waals surface area (Å²) >= 11 is 0. The number of rotatable bonds is 10. The largest absolute Gasteiger partial charge is 0.493 e. The molecule has 2 aromatic carbocycles. The number of carbonyl (C=O) groups is 3. The summed E-state index contributed by atoms with van der Waals surface area (Å²) in [5, 5.41) is 5.52. The Morgan fingerprint density at radius 3 is 2.33 bits per heavy atom. The molecule has 2 atom stereocenters. The zero-order chi connectivity index (χ0) is 24.0. The minimum absolute atomic E-state index is 0.0508. The van der Waals surface area contributed by atoms with Gasteiger partial charge in [-0.3, -0.25) is 9.59 Å². The Bertz CT molecular complexity index is 989. The molecule has 0 bridgehead atoms. The molecule has 0 saturated heterocycles. The van der Waals surface area contributed by atoms with Crippen molar-refractivity contribution in [1.29, 1.82) is 0 Å². The van der Waals surface area contributed by atoms with E-state index in [4.69, 9.17) is 9.47 Å². The second kappa shape index (κ2) is 10.9. The van der Waals surface area contributed by atoms with Crippen LogP contribution in [0.4, 0.5) is 4.39 Å². The van der Waals surface area contributed by atoms with Crippen LogP contribution in [0.5, 0.6) is 5.75 Å². The molecule has 176 valence electrons. The van der Waals surface area contributed by atoms with Crippen LogP contribution in [0.1, 0.15) is 55.6 Å². The van der Waals surface area contributed by atoms with E-state index in [-0.39, 0.29) is 12.0 Å². The van der Waals surface area contributed by atoms with Gasteiger partial charge in [-0.25, -0.2) is 9.18 Å². The van der Waals surface area contributed by atoms with Crippen molar-refractivity contribution >= 4 is 17.8 Å². The number of benzene rings is 2. The van der Waals surface area contributed by atoms with Crippen molar-refractivity contribution in [2.45, 2.75) is 51.8 Å². The van der Waals surface area contributed by atoms with Crippen LogP contribution in [0.25, 0.3) is 0 Å². The van der Waals surface area contributed by atoms with Gasteiger partial charge in [0.2, 0.25) is 6.10 Å². The van der Waals surface area contributed by atoms with Crippen molar-refractivity contribution in [1.82, 2.24) is 10.6 Å². The van der Waals surface area contributed by atoms with Crippen LogP contribution >= 0.6 is 0 Å². The van der Waals surface area contributed by atoms with E-state index in [1.165, 1.54) is 24.3 Å². The van der Waals surface area contributed by atoms with Crippen molar-refractivity contribution in [3.05, 3.63) is 65.5 Å². The molecule has 0 heterocycles. The molecule has 7 nitrogen and oxygen atoms in total. The van der Waals surface area contributed by atoms with E-state index < -0.39 is 35.7 Å². The van der Waals surface area contributed by atoms with E-state index >= 15 is 0 Å². The van der Waals surface area contributed by atoms with E-state index in [0.717, 1.165) is 12.8 Å². The molecule has 1 aliphatic rings. The van der Waals surface area contributed by atoms with Gasteiger partial charge in [0.05, 0.1) is 12.2 Å². The monoisotopic (exact) mass is 456 g/mol. The zero-order valence-corrected chi connectivity index (χ0v) is 19.0. The molecule has 1 saturated carbocycles. The summed E-state index contributed by atoms with van der Waals surface area (Å²) in [7, 11) is 0. The second-order valence-corrected chi connectivity index (χ2v) is 8.28. The molecular weight excluding hydrogens is 427 g/mol.